The maximum absolute atomic E-state index is 13.0. The van der Waals surface area contributed by atoms with Crippen LogP contribution in [0.4, 0.5) is 10.5 Å². The van der Waals surface area contributed by atoms with Crippen LogP contribution in [0.5, 0.6) is 23.0 Å². The van der Waals surface area contributed by atoms with E-state index in [1.807, 2.05) is 0 Å². The fourth-order valence-corrected chi connectivity index (χ4v) is 3.40. The van der Waals surface area contributed by atoms with Crippen LogP contribution >= 0.6 is 11.6 Å². The lowest BCUT2D eigenvalue weighted by molar-refractivity contribution is -0.122. The molecule has 1 fully saturated rings. The summed E-state index contributed by atoms with van der Waals surface area (Å²) >= 11 is 6.20. The lowest BCUT2D eigenvalue weighted by Gasteiger charge is -2.26. The maximum Gasteiger partial charge on any atom is 0.335 e. The third-order valence-electron chi connectivity index (χ3n) is 4.48. The number of nitrogens with zero attached hydrogens (tertiary/aromatic N) is 1. The first-order valence-electron chi connectivity index (χ1n) is 8.65. The zero-order valence-electron chi connectivity index (χ0n) is 15.9. The molecule has 0 saturated carbocycles. The van der Waals surface area contributed by atoms with Crippen molar-refractivity contribution in [2.75, 3.05) is 25.9 Å². The van der Waals surface area contributed by atoms with Gasteiger partial charge >= 0.3 is 6.03 Å². The zero-order valence-corrected chi connectivity index (χ0v) is 16.6. The Morgan fingerprint density at radius 3 is 2.57 bits per heavy atom. The summed E-state index contributed by atoms with van der Waals surface area (Å²) < 4.78 is 20.9. The van der Waals surface area contributed by atoms with Crippen LogP contribution in [0.1, 0.15) is 5.56 Å². The second-order valence-electron chi connectivity index (χ2n) is 6.23. The van der Waals surface area contributed by atoms with E-state index in [1.54, 1.807) is 12.1 Å². The van der Waals surface area contributed by atoms with Gasteiger partial charge in [0.2, 0.25) is 6.79 Å². The molecule has 2 aliphatic heterocycles. The Hall–Kier alpha value is -3.72. The molecule has 0 unspecified atom stereocenters. The topological polar surface area (TPSA) is 103 Å². The molecule has 2 aliphatic rings. The normalized spacial score (nSPS) is 16.7. The molecule has 0 radical (unpaired) electrons. The highest BCUT2D eigenvalue weighted by Crippen LogP contribution is 2.38. The number of barbiturate groups is 1. The molecule has 2 aromatic rings. The minimum Gasteiger partial charge on any atom is -0.493 e. The Kier molecular flexibility index (Phi) is 4.96. The van der Waals surface area contributed by atoms with Gasteiger partial charge in [0.25, 0.3) is 11.8 Å². The number of nitrogens with one attached hydrogen (secondary N) is 1. The lowest BCUT2D eigenvalue weighted by Crippen LogP contribution is -2.54. The quantitative estimate of drug-likeness (QED) is 0.587. The first-order chi connectivity index (χ1) is 14.4. The minimum atomic E-state index is -0.869. The minimum absolute atomic E-state index is 0.0443. The Morgan fingerprint density at radius 2 is 1.83 bits per heavy atom. The summed E-state index contributed by atoms with van der Waals surface area (Å²) in [6.45, 7) is 0.0443. The number of methoxy groups -OCH3 is 2. The molecule has 1 saturated heterocycles. The van der Waals surface area contributed by atoms with E-state index in [4.69, 9.17) is 30.5 Å². The van der Waals surface area contributed by atoms with Crippen LogP contribution in [-0.4, -0.2) is 38.9 Å². The fraction of sp³-hybridized carbons (Fsp3) is 0.150. The van der Waals surface area contributed by atoms with Gasteiger partial charge in [0.05, 0.1) is 24.9 Å². The molecule has 0 aliphatic carbocycles. The number of benzene rings is 2. The number of hydrogen-bond donors (Lipinski definition) is 1. The summed E-state index contributed by atoms with van der Waals surface area (Å²) in [5.41, 5.74) is 0.386. The standard InChI is InChI=1S/C20H15ClN2O7/c1-27-16-7-10(6-13(21)17(16)28-2)5-12-18(24)22-20(26)23(19(12)25)11-3-4-14-15(8-11)30-9-29-14/h3-8H,9H2,1-2H3,(H,22,24,26)/b12-5+. The molecule has 30 heavy (non-hydrogen) atoms. The number of hydrogen-bond acceptors (Lipinski definition) is 7. The van der Waals surface area contributed by atoms with Gasteiger partial charge in [-0.1, -0.05) is 11.6 Å². The smallest absolute Gasteiger partial charge is 0.335 e. The lowest BCUT2D eigenvalue weighted by atomic mass is 10.1. The first-order valence-corrected chi connectivity index (χ1v) is 9.03. The van der Waals surface area contributed by atoms with E-state index in [2.05, 4.69) is 5.32 Å². The van der Waals surface area contributed by atoms with Crippen molar-refractivity contribution in [3.8, 4) is 23.0 Å². The van der Waals surface area contributed by atoms with E-state index in [9.17, 15) is 14.4 Å². The van der Waals surface area contributed by atoms with E-state index >= 15 is 0 Å². The monoisotopic (exact) mass is 430 g/mol. The van der Waals surface area contributed by atoms with Crippen molar-refractivity contribution in [3.05, 3.63) is 46.5 Å². The average Bonchev–Trinajstić information content (AvgIpc) is 3.18. The molecule has 2 aromatic carbocycles. The Bertz CT molecular complexity index is 1110. The van der Waals surface area contributed by atoms with Gasteiger partial charge < -0.3 is 18.9 Å². The van der Waals surface area contributed by atoms with Gasteiger partial charge in [0.15, 0.2) is 23.0 Å². The zero-order chi connectivity index (χ0) is 21.4. The Morgan fingerprint density at radius 1 is 1.07 bits per heavy atom. The highest BCUT2D eigenvalue weighted by atomic mass is 35.5. The number of carbonyl (C=O) groups is 3. The van der Waals surface area contributed by atoms with Crippen LogP contribution in [0.15, 0.2) is 35.9 Å². The first kappa shape index (κ1) is 19.6. The van der Waals surface area contributed by atoms with Gasteiger partial charge in [-0.2, -0.15) is 0 Å². The number of amides is 4. The number of carbonyl (C=O) groups excluding carboxylic acids is 3. The van der Waals surface area contributed by atoms with Crippen molar-refractivity contribution in [3.63, 3.8) is 0 Å². The van der Waals surface area contributed by atoms with Crippen LogP contribution in [0.3, 0.4) is 0 Å². The van der Waals surface area contributed by atoms with Gasteiger partial charge in [0, 0.05) is 6.07 Å². The van der Waals surface area contributed by atoms with E-state index in [0.29, 0.717) is 28.6 Å². The number of anilines is 1. The van der Waals surface area contributed by atoms with E-state index in [-0.39, 0.29) is 23.1 Å². The van der Waals surface area contributed by atoms with Crippen LogP contribution < -0.4 is 29.2 Å². The fourth-order valence-electron chi connectivity index (χ4n) is 3.10. The van der Waals surface area contributed by atoms with Crippen molar-refractivity contribution in [1.82, 2.24) is 5.32 Å². The van der Waals surface area contributed by atoms with Crippen molar-refractivity contribution in [1.29, 1.82) is 0 Å². The number of ether oxygens (including phenoxy) is 4. The van der Waals surface area contributed by atoms with E-state index < -0.39 is 17.8 Å². The van der Waals surface area contributed by atoms with Crippen LogP contribution in [-0.2, 0) is 9.59 Å². The molecular formula is C20H15ClN2O7. The third kappa shape index (κ3) is 3.29. The Balaban J connectivity index is 1.74. The number of rotatable bonds is 4. The highest BCUT2D eigenvalue weighted by molar-refractivity contribution is 6.39. The highest BCUT2D eigenvalue weighted by Gasteiger charge is 2.37. The van der Waals surface area contributed by atoms with Crippen molar-refractivity contribution in [2.45, 2.75) is 0 Å². The number of urea groups is 1. The van der Waals surface area contributed by atoms with Gasteiger partial charge in [-0.05, 0) is 35.9 Å². The number of fused-ring (bicyclic) bond motifs is 1. The summed E-state index contributed by atoms with van der Waals surface area (Å²) in [7, 11) is 2.87. The predicted molar refractivity (Wildman–Crippen MR) is 106 cm³/mol. The molecule has 0 aromatic heterocycles. The molecule has 0 atom stereocenters. The molecule has 9 nitrogen and oxygen atoms in total. The largest absolute Gasteiger partial charge is 0.493 e. The van der Waals surface area contributed by atoms with Crippen molar-refractivity contribution < 1.29 is 33.3 Å². The van der Waals surface area contributed by atoms with Crippen molar-refractivity contribution in [2.24, 2.45) is 0 Å². The molecular weight excluding hydrogens is 416 g/mol. The number of halogens is 1. The maximum atomic E-state index is 13.0. The van der Waals surface area contributed by atoms with Gasteiger partial charge in [0.1, 0.15) is 5.57 Å². The second kappa shape index (κ2) is 7.60. The third-order valence-corrected chi connectivity index (χ3v) is 4.76. The molecule has 1 N–H and O–H groups in total. The van der Waals surface area contributed by atoms with E-state index in [1.165, 1.54) is 38.5 Å². The SMILES string of the molecule is COc1cc(/C=C2\C(=O)NC(=O)N(c3ccc4c(c3)OCO4)C2=O)cc(Cl)c1OC. The van der Waals surface area contributed by atoms with Gasteiger partial charge in [-0.25, -0.2) is 9.69 Å². The number of imide groups is 2. The van der Waals surface area contributed by atoms with Gasteiger partial charge in [-0.3, -0.25) is 14.9 Å². The molecule has 0 spiro atoms. The van der Waals surface area contributed by atoms with E-state index in [0.717, 1.165) is 4.90 Å². The van der Waals surface area contributed by atoms with Crippen molar-refractivity contribution >= 4 is 41.2 Å². The second-order valence-corrected chi connectivity index (χ2v) is 6.64. The summed E-state index contributed by atoms with van der Waals surface area (Å²) in [4.78, 5) is 38.6. The molecule has 2 heterocycles. The van der Waals surface area contributed by atoms with Crippen LogP contribution in [0, 0.1) is 0 Å². The molecule has 10 heteroatoms. The molecule has 0 bridgehead atoms. The molecule has 154 valence electrons. The summed E-state index contributed by atoms with van der Waals surface area (Å²) in [6.07, 6.45) is 1.32. The molecule has 4 amide bonds. The van der Waals surface area contributed by atoms with Crippen LogP contribution in [0.2, 0.25) is 5.02 Å². The summed E-state index contributed by atoms with van der Waals surface area (Å²) in [5.74, 6) is -0.0961. The molecule has 4 rings (SSSR count). The summed E-state index contributed by atoms with van der Waals surface area (Å²) in [5, 5.41) is 2.39. The Labute approximate surface area is 175 Å². The van der Waals surface area contributed by atoms with Gasteiger partial charge in [-0.15, -0.1) is 0 Å². The van der Waals surface area contributed by atoms with Crippen LogP contribution in [0.25, 0.3) is 6.08 Å². The summed E-state index contributed by atoms with van der Waals surface area (Å²) in [6, 6.07) is 6.78. The predicted octanol–water partition coefficient (Wildman–Crippen LogP) is 2.75. The average molecular weight is 431 g/mol.